The molecule has 7 rings (SSSR count). The van der Waals surface area contributed by atoms with Crippen LogP contribution in [0, 0.1) is 5.92 Å². The number of H-pyrrole nitrogens is 2. The number of likely N-dealkylation sites (tertiary alicyclic amines) is 1. The van der Waals surface area contributed by atoms with E-state index in [2.05, 4.69) is 64.2 Å². The van der Waals surface area contributed by atoms with Crippen molar-refractivity contribution < 1.29 is 23.9 Å². The number of carbonyl (C=O) groups excluding carboxylic acids is 3. The zero-order chi connectivity index (χ0) is 42.6. The summed E-state index contributed by atoms with van der Waals surface area (Å²) in [5.41, 5.74) is 4.59. The number of amides is 3. The van der Waals surface area contributed by atoms with Gasteiger partial charge in [-0.1, -0.05) is 83.3 Å². The normalized spacial score (nSPS) is 18.5. The Balaban J connectivity index is 1.03. The summed E-state index contributed by atoms with van der Waals surface area (Å²) in [6, 6.07) is 25.4. The van der Waals surface area contributed by atoms with Crippen molar-refractivity contribution in [3.63, 3.8) is 0 Å². The first-order valence-electron chi connectivity index (χ1n) is 21.1. The fourth-order valence-electron chi connectivity index (χ4n) is 8.70. The molecule has 0 unspecified atom stereocenters. The molecule has 0 bridgehead atoms. The molecule has 14 heteroatoms. The molecule has 5 aromatic rings. The lowest BCUT2D eigenvalue weighted by molar-refractivity contribution is -0.138. The van der Waals surface area contributed by atoms with Crippen LogP contribution in [0.1, 0.15) is 75.9 Å². The maximum absolute atomic E-state index is 14.5. The van der Waals surface area contributed by atoms with Crippen molar-refractivity contribution >= 4 is 26.0 Å². The molecule has 0 aliphatic carbocycles. The van der Waals surface area contributed by atoms with Crippen LogP contribution in [0.25, 0.3) is 22.5 Å². The van der Waals surface area contributed by atoms with Gasteiger partial charge in [0.25, 0.3) is 0 Å². The lowest BCUT2D eigenvalue weighted by Gasteiger charge is -2.34. The van der Waals surface area contributed by atoms with Gasteiger partial charge in [-0.3, -0.25) is 14.5 Å². The summed E-state index contributed by atoms with van der Waals surface area (Å²) >= 11 is 0. The fourth-order valence-corrected chi connectivity index (χ4v) is 11.6. The number of benzene rings is 3. The topological polar surface area (TPSA) is 149 Å². The number of imidazole rings is 2. The molecule has 316 valence electrons. The van der Waals surface area contributed by atoms with E-state index in [1.165, 1.54) is 7.11 Å². The zero-order valence-electron chi connectivity index (χ0n) is 35.8. The molecule has 4 heterocycles. The molecule has 3 amide bonds. The van der Waals surface area contributed by atoms with Gasteiger partial charge < -0.3 is 34.6 Å². The van der Waals surface area contributed by atoms with E-state index in [0.717, 1.165) is 72.0 Å². The molecule has 0 saturated carbocycles. The first-order valence-corrected chi connectivity index (χ1v) is 24.5. The molecule has 60 heavy (non-hydrogen) atoms. The molecule has 3 aromatic carbocycles. The van der Waals surface area contributed by atoms with Gasteiger partial charge in [-0.15, -0.1) is 0 Å². The van der Waals surface area contributed by atoms with E-state index in [0.29, 0.717) is 23.9 Å². The second-order valence-corrected chi connectivity index (χ2v) is 22.0. The van der Waals surface area contributed by atoms with Crippen LogP contribution in [0.2, 0.25) is 19.1 Å². The number of aromatic nitrogens is 4. The Labute approximate surface area is 353 Å². The second-order valence-electron chi connectivity index (χ2n) is 17.0. The van der Waals surface area contributed by atoms with Gasteiger partial charge in [0.05, 0.1) is 51.0 Å². The van der Waals surface area contributed by atoms with E-state index in [-0.39, 0.29) is 35.9 Å². The standard InChI is InChI=1S/C46H58N8O5Si/c1-8-52(9-2)41(32-15-11-10-12-16-32)45(56)54-29-60(6,7)28-39(54)43-48-26-36(49-43)31-20-22-34(23-21-31)59-35-18-13-17-33(25-35)37-27-47-42(50-37)38-19-14-24-53(38)44(55)40(30(3)4)51-46(57)58-5/h10-13,15-18,20-23,25-27,30,38-41H,8-9,14,19,24,28-29H2,1-7H3,(H,47,50)(H,48,49)(H,51,57)/t38-,39-,40-,41+/m0/s1. The first-order chi connectivity index (χ1) is 28.9. The molecule has 3 N–H and O–H groups in total. The van der Waals surface area contributed by atoms with Crippen LogP contribution in [-0.4, -0.2) is 99.6 Å². The van der Waals surface area contributed by atoms with Crippen LogP contribution in [0.5, 0.6) is 11.5 Å². The minimum absolute atomic E-state index is 0.109. The predicted octanol–water partition coefficient (Wildman–Crippen LogP) is 8.52. The summed E-state index contributed by atoms with van der Waals surface area (Å²) < 4.78 is 11.1. The summed E-state index contributed by atoms with van der Waals surface area (Å²) in [7, 11) is -0.412. The van der Waals surface area contributed by atoms with Crippen LogP contribution in [0.3, 0.4) is 0 Å². The first kappa shape index (κ1) is 42.4. The predicted molar refractivity (Wildman–Crippen MR) is 235 cm³/mol. The van der Waals surface area contributed by atoms with Gasteiger partial charge in [0.15, 0.2) is 0 Å². The van der Waals surface area contributed by atoms with Crippen molar-refractivity contribution in [3.05, 3.63) is 108 Å². The Morgan fingerprint density at radius 1 is 0.833 bits per heavy atom. The van der Waals surface area contributed by atoms with Crippen LogP contribution in [0.4, 0.5) is 4.79 Å². The quantitative estimate of drug-likeness (QED) is 0.0944. The summed E-state index contributed by atoms with van der Waals surface area (Å²) in [5.74, 6) is 2.76. The van der Waals surface area contributed by atoms with Crippen LogP contribution in [-0.2, 0) is 14.3 Å². The van der Waals surface area contributed by atoms with Crippen molar-refractivity contribution in [1.29, 1.82) is 0 Å². The van der Waals surface area contributed by atoms with Gasteiger partial charge in [-0.05, 0) is 85.4 Å². The highest BCUT2D eigenvalue weighted by molar-refractivity contribution is 6.78. The van der Waals surface area contributed by atoms with E-state index < -0.39 is 20.2 Å². The monoisotopic (exact) mass is 830 g/mol. The Kier molecular flexibility index (Phi) is 12.9. The number of rotatable bonds is 14. The summed E-state index contributed by atoms with van der Waals surface area (Å²) in [5, 5.41) is 2.70. The highest BCUT2D eigenvalue weighted by Gasteiger charge is 2.46. The SMILES string of the molecule is CCN(CC)[C@@H](C(=O)N1C[Si](C)(C)C[C@H]1c1ncc(-c2ccc(Oc3cccc(-c4cnc([C@@H]5CCCN5C(=O)[C@@H](NC(=O)OC)C(C)C)[nH]4)c3)cc2)[nH]1)c1ccccc1. The van der Waals surface area contributed by atoms with E-state index >= 15 is 0 Å². The molecule has 2 aromatic heterocycles. The second kappa shape index (κ2) is 18.3. The number of ether oxygens (including phenoxy) is 2. The molecule has 2 aliphatic rings. The Morgan fingerprint density at radius 2 is 1.50 bits per heavy atom. The van der Waals surface area contributed by atoms with Crippen molar-refractivity contribution in [2.75, 3.05) is 32.9 Å². The Morgan fingerprint density at radius 3 is 2.15 bits per heavy atom. The molecule has 2 aliphatic heterocycles. The van der Waals surface area contributed by atoms with E-state index in [4.69, 9.17) is 19.4 Å². The van der Waals surface area contributed by atoms with Crippen LogP contribution in [0.15, 0.2) is 91.3 Å². The van der Waals surface area contributed by atoms with Crippen molar-refractivity contribution in [3.8, 4) is 34.0 Å². The molecule has 4 atom stereocenters. The number of likely N-dealkylation sites (N-methyl/N-ethyl adjacent to an activating group) is 1. The van der Waals surface area contributed by atoms with Gasteiger partial charge in [0.1, 0.15) is 35.2 Å². The fraction of sp³-hybridized carbons (Fsp3) is 0.413. The van der Waals surface area contributed by atoms with E-state index in [1.807, 2.05) is 86.8 Å². The van der Waals surface area contributed by atoms with Gasteiger partial charge >= 0.3 is 6.09 Å². The van der Waals surface area contributed by atoms with Crippen molar-refractivity contribution in [1.82, 2.24) is 40.0 Å². The number of aromatic amines is 2. The lowest BCUT2D eigenvalue weighted by atomic mass is 10.0. The smallest absolute Gasteiger partial charge is 0.407 e. The molecule has 2 fully saturated rings. The summed E-state index contributed by atoms with van der Waals surface area (Å²) in [6.07, 6.45) is 5.43. The Bertz CT molecular complexity index is 2250. The van der Waals surface area contributed by atoms with Gasteiger partial charge in [0, 0.05) is 18.3 Å². The van der Waals surface area contributed by atoms with Crippen LogP contribution >= 0.6 is 0 Å². The molecule has 0 radical (unpaired) electrons. The maximum Gasteiger partial charge on any atom is 0.407 e. The maximum atomic E-state index is 14.5. The lowest BCUT2D eigenvalue weighted by Crippen LogP contribution is -2.51. The number of hydrogen-bond donors (Lipinski definition) is 3. The van der Waals surface area contributed by atoms with Crippen molar-refractivity contribution in [2.24, 2.45) is 5.92 Å². The number of nitrogens with one attached hydrogen (secondary N) is 3. The minimum atomic E-state index is -1.70. The minimum Gasteiger partial charge on any atom is -0.457 e. The van der Waals surface area contributed by atoms with Gasteiger partial charge in [0.2, 0.25) is 11.8 Å². The summed E-state index contributed by atoms with van der Waals surface area (Å²) in [6.45, 7) is 14.9. The Hall–Kier alpha value is -5.73. The van der Waals surface area contributed by atoms with E-state index in [1.54, 1.807) is 11.1 Å². The number of hydrogen-bond acceptors (Lipinski definition) is 8. The molecular formula is C46H58N8O5Si. The average Bonchev–Trinajstić information content (AvgIpc) is 4.09. The third-order valence-electron chi connectivity index (χ3n) is 11.8. The number of alkyl carbamates (subject to hydrolysis) is 1. The number of methoxy groups -OCH3 is 1. The highest BCUT2D eigenvalue weighted by Crippen LogP contribution is 2.40. The third-order valence-corrected chi connectivity index (χ3v) is 14.5. The molecular weight excluding hydrogens is 773 g/mol. The average molecular weight is 831 g/mol. The largest absolute Gasteiger partial charge is 0.457 e. The highest BCUT2D eigenvalue weighted by atomic mass is 28.3. The summed E-state index contributed by atoms with van der Waals surface area (Å²) in [4.78, 5) is 62.9. The zero-order valence-corrected chi connectivity index (χ0v) is 36.8. The van der Waals surface area contributed by atoms with E-state index in [9.17, 15) is 14.4 Å². The molecule has 0 spiro atoms. The molecule has 2 saturated heterocycles. The van der Waals surface area contributed by atoms with Gasteiger partial charge in [-0.2, -0.15) is 0 Å². The van der Waals surface area contributed by atoms with Crippen molar-refractivity contribution in [2.45, 2.75) is 83.8 Å². The van der Waals surface area contributed by atoms with Gasteiger partial charge in [-0.25, -0.2) is 14.8 Å². The molecule has 13 nitrogen and oxygen atoms in total. The number of nitrogens with zero attached hydrogens (tertiary/aromatic N) is 5. The third kappa shape index (κ3) is 9.19. The van der Waals surface area contributed by atoms with Crippen LogP contribution < -0.4 is 10.1 Å². The number of carbonyl (C=O) groups is 3.